The van der Waals surface area contributed by atoms with Gasteiger partial charge in [-0.25, -0.2) is 0 Å². The molecular formula is C18H18BrN3O5. The second-order valence-corrected chi connectivity index (χ2v) is 6.92. The van der Waals surface area contributed by atoms with Gasteiger partial charge in [0.2, 0.25) is 0 Å². The molecule has 2 amide bonds. The molecule has 0 radical (unpaired) electrons. The van der Waals surface area contributed by atoms with Gasteiger partial charge in [-0.3, -0.25) is 30.6 Å². The fourth-order valence-electron chi connectivity index (χ4n) is 2.01. The standard InChI is InChI=1S/C18H18BrN3O5/c1-11(2)10-27-16-8-5-13(9-15(16)19)18(24)21-20-17(23)12-3-6-14(7-4-12)22(25)26/h3-9,11H,10H2,1-2H3,(H,20,23)(H,21,24). The molecule has 0 fully saturated rings. The molecule has 2 N–H and O–H groups in total. The Morgan fingerprint density at radius 2 is 1.63 bits per heavy atom. The van der Waals surface area contributed by atoms with Gasteiger partial charge >= 0.3 is 0 Å². The molecule has 0 spiro atoms. The fraction of sp³-hybridized carbons (Fsp3) is 0.222. The number of hydrazine groups is 1. The van der Waals surface area contributed by atoms with E-state index in [0.29, 0.717) is 28.3 Å². The summed E-state index contributed by atoms with van der Waals surface area (Å²) in [7, 11) is 0. The van der Waals surface area contributed by atoms with Crippen molar-refractivity contribution in [1.29, 1.82) is 0 Å². The molecule has 0 bridgehead atoms. The summed E-state index contributed by atoms with van der Waals surface area (Å²) in [5.41, 5.74) is 4.94. The number of halogens is 1. The van der Waals surface area contributed by atoms with Crippen LogP contribution in [0.3, 0.4) is 0 Å². The fourth-order valence-corrected chi connectivity index (χ4v) is 2.50. The van der Waals surface area contributed by atoms with Gasteiger partial charge in [0.05, 0.1) is 16.0 Å². The summed E-state index contributed by atoms with van der Waals surface area (Å²) in [6.07, 6.45) is 0. The number of carbonyl (C=O) groups is 2. The van der Waals surface area contributed by atoms with Crippen LogP contribution in [0, 0.1) is 16.0 Å². The molecule has 0 aliphatic rings. The van der Waals surface area contributed by atoms with Crippen LogP contribution in [0.2, 0.25) is 0 Å². The van der Waals surface area contributed by atoms with E-state index >= 15 is 0 Å². The van der Waals surface area contributed by atoms with Gasteiger partial charge in [-0.05, 0) is 52.2 Å². The number of hydrogen-bond donors (Lipinski definition) is 2. The van der Waals surface area contributed by atoms with Crippen molar-refractivity contribution in [3.63, 3.8) is 0 Å². The Kier molecular flexibility index (Phi) is 6.89. The summed E-state index contributed by atoms with van der Waals surface area (Å²) in [6.45, 7) is 4.61. The van der Waals surface area contributed by atoms with Crippen molar-refractivity contribution in [1.82, 2.24) is 10.9 Å². The lowest BCUT2D eigenvalue weighted by Gasteiger charge is -2.12. The highest BCUT2D eigenvalue weighted by atomic mass is 79.9. The number of nitrogens with zero attached hydrogens (tertiary/aromatic N) is 1. The largest absolute Gasteiger partial charge is 0.492 e. The highest BCUT2D eigenvalue weighted by molar-refractivity contribution is 9.10. The van der Waals surface area contributed by atoms with Crippen molar-refractivity contribution in [2.24, 2.45) is 5.92 Å². The zero-order chi connectivity index (χ0) is 20.0. The van der Waals surface area contributed by atoms with Crippen LogP contribution >= 0.6 is 15.9 Å². The summed E-state index contributed by atoms with van der Waals surface area (Å²) < 4.78 is 6.24. The van der Waals surface area contributed by atoms with Crippen molar-refractivity contribution in [2.75, 3.05) is 6.61 Å². The van der Waals surface area contributed by atoms with E-state index in [1.807, 2.05) is 13.8 Å². The summed E-state index contributed by atoms with van der Waals surface area (Å²) in [4.78, 5) is 34.2. The van der Waals surface area contributed by atoms with E-state index in [4.69, 9.17) is 4.74 Å². The molecule has 27 heavy (non-hydrogen) atoms. The third kappa shape index (κ3) is 5.78. The molecule has 0 aliphatic heterocycles. The lowest BCUT2D eigenvalue weighted by Crippen LogP contribution is -2.41. The number of amides is 2. The van der Waals surface area contributed by atoms with Crippen LogP contribution in [-0.4, -0.2) is 23.3 Å². The predicted molar refractivity (Wildman–Crippen MR) is 103 cm³/mol. The van der Waals surface area contributed by atoms with E-state index in [0.717, 1.165) is 0 Å². The van der Waals surface area contributed by atoms with Gasteiger partial charge in [0, 0.05) is 23.3 Å². The molecule has 8 nitrogen and oxygen atoms in total. The zero-order valence-electron chi connectivity index (χ0n) is 14.7. The molecule has 2 aromatic rings. The number of nitrogens with one attached hydrogen (secondary N) is 2. The Morgan fingerprint density at radius 1 is 1.07 bits per heavy atom. The Labute approximate surface area is 164 Å². The lowest BCUT2D eigenvalue weighted by atomic mass is 10.2. The van der Waals surface area contributed by atoms with Crippen molar-refractivity contribution >= 4 is 33.4 Å². The van der Waals surface area contributed by atoms with Crippen LogP contribution in [0.1, 0.15) is 34.6 Å². The molecule has 142 valence electrons. The first-order valence-corrected chi connectivity index (χ1v) is 8.84. The van der Waals surface area contributed by atoms with Crippen LogP contribution in [0.5, 0.6) is 5.75 Å². The van der Waals surface area contributed by atoms with E-state index in [9.17, 15) is 19.7 Å². The van der Waals surface area contributed by atoms with E-state index in [2.05, 4.69) is 26.8 Å². The number of ether oxygens (including phenoxy) is 1. The van der Waals surface area contributed by atoms with Crippen LogP contribution in [0.4, 0.5) is 5.69 Å². The average Bonchev–Trinajstić information content (AvgIpc) is 2.64. The van der Waals surface area contributed by atoms with Gasteiger partial charge in [-0.2, -0.15) is 0 Å². The highest BCUT2D eigenvalue weighted by Gasteiger charge is 2.13. The average molecular weight is 436 g/mol. The third-order valence-electron chi connectivity index (χ3n) is 3.40. The number of nitro benzene ring substituents is 1. The van der Waals surface area contributed by atoms with Gasteiger partial charge in [-0.15, -0.1) is 0 Å². The number of non-ortho nitro benzene ring substituents is 1. The molecule has 2 rings (SSSR count). The first kappa shape index (κ1) is 20.4. The van der Waals surface area contributed by atoms with E-state index < -0.39 is 16.7 Å². The minimum Gasteiger partial charge on any atom is -0.492 e. The summed E-state index contributed by atoms with van der Waals surface area (Å²) in [5, 5.41) is 10.6. The smallest absolute Gasteiger partial charge is 0.269 e. The second kappa shape index (κ2) is 9.13. The molecule has 0 aromatic heterocycles. The quantitative estimate of drug-likeness (QED) is 0.532. The van der Waals surface area contributed by atoms with Crippen LogP contribution in [-0.2, 0) is 0 Å². The minimum absolute atomic E-state index is 0.125. The number of hydrogen-bond acceptors (Lipinski definition) is 5. The maximum atomic E-state index is 12.2. The summed E-state index contributed by atoms with van der Waals surface area (Å²) >= 11 is 3.35. The lowest BCUT2D eigenvalue weighted by molar-refractivity contribution is -0.384. The molecule has 0 aliphatic carbocycles. The maximum absolute atomic E-state index is 12.2. The van der Waals surface area contributed by atoms with Gasteiger partial charge in [0.1, 0.15) is 5.75 Å². The number of nitro groups is 1. The molecule has 0 saturated heterocycles. The zero-order valence-corrected chi connectivity index (χ0v) is 16.3. The van der Waals surface area contributed by atoms with Crippen molar-refractivity contribution in [3.8, 4) is 5.75 Å². The van der Waals surface area contributed by atoms with E-state index in [-0.39, 0.29) is 11.3 Å². The third-order valence-corrected chi connectivity index (χ3v) is 4.02. The van der Waals surface area contributed by atoms with Gasteiger partial charge < -0.3 is 4.74 Å². The first-order valence-electron chi connectivity index (χ1n) is 8.05. The van der Waals surface area contributed by atoms with Crippen molar-refractivity contribution < 1.29 is 19.2 Å². The number of rotatable bonds is 6. The summed E-state index contributed by atoms with van der Waals surface area (Å²) in [5.74, 6) is -0.111. The molecule has 0 atom stereocenters. The van der Waals surface area contributed by atoms with Crippen LogP contribution in [0.15, 0.2) is 46.9 Å². The van der Waals surface area contributed by atoms with E-state index in [1.54, 1.807) is 18.2 Å². The predicted octanol–water partition coefficient (Wildman–Crippen LogP) is 3.47. The molecule has 0 saturated carbocycles. The topological polar surface area (TPSA) is 111 Å². The Balaban J connectivity index is 1.95. The Bertz CT molecular complexity index is 853. The van der Waals surface area contributed by atoms with Crippen LogP contribution < -0.4 is 15.6 Å². The molecule has 2 aromatic carbocycles. The Morgan fingerprint density at radius 3 is 2.15 bits per heavy atom. The van der Waals surface area contributed by atoms with Crippen LogP contribution in [0.25, 0.3) is 0 Å². The Hall–Kier alpha value is -2.94. The normalized spacial score (nSPS) is 10.4. The second-order valence-electron chi connectivity index (χ2n) is 6.06. The monoisotopic (exact) mass is 435 g/mol. The summed E-state index contributed by atoms with van der Waals surface area (Å²) in [6, 6.07) is 9.86. The minimum atomic E-state index is -0.589. The van der Waals surface area contributed by atoms with Gasteiger partial charge in [0.15, 0.2) is 0 Å². The van der Waals surface area contributed by atoms with E-state index in [1.165, 1.54) is 24.3 Å². The molecule has 0 heterocycles. The van der Waals surface area contributed by atoms with Crippen molar-refractivity contribution in [3.05, 3.63) is 68.2 Å². The first-order chi connectivity index (χ1) is 12.8. The maximum Gasteiger partial charge on any atom is 0.269 e. The molecule has 0 unspecified atom stereocenters. The van der Waals surface area contributed by atoms with Crippen molar-refractivity contribution in [2.45, 2.75) is 13.8 Å². The number of benzene rings is 2. The van der Waals surface area contributed by atoms with Gasteiger partial charge in [0.25, 0.3) is 17.5 Å². The number of carbonyl (C=O) groups excluding carboxylic acids is 2. The highest BCUT2D eigenvalue weighted by Crippen LogP contribution is 2.26. The SMILES string of the molecule is CC(C)COc1ccc(C(=O)NNC(=O)c2ccc([N+](=O)[O-])cc2)cc1Br. The molecule has 9 heteroatoms. The molecular weight excluding hydrogens is 418 g/mol. The van der Waals surface area contributed by atoms with Gasteiger partial charge in [-0.1, -0.05) is 13.8 Å².